The lowest BCUT2D eigenvalue weighted by Crippen LogP contribution is -2.43. The van der Waals surface area contributed by atoms with Crippen LogP contribution in [0, 0.1) is 5.82 Å². The van der Waals surface area contributed by atoms with Crippen molar-refractivity contribution < 1.29 is 29.9 Å². The molecule has 117 heavy (non-hydrogen) atoms. The van der Waals surface area contributed by atoms with Gasteiger partial charge in [0, 0.05) is 164 Å². The van der Waals surface area contributed by atoms with Gasteiger partial charge in [-0.2, -0.15) is 0 Å². The summed E-state index contributed by atoms with van der Waals surface area (Å²) in [5, 5.41) is 49.0. The Morgan fingerprint density at radius 1 is 0.402 bits per heavy atom. The zero-order valence-electron chi connectivity index (χ0n) is 66.1. The molecule has 1 fully saturated rings. The molecular weight excluding hydrogens is 1610 g/mol. The van der Waals surface area contributed by atoms with E-state index in [1.54, 1.807) is 35.2 Å². The Morgan fingerprint density at radius 3 is 1.26 bits per heavy atom. The number of hydrogen-bond donors (Lipinski definition) is 5. The zero-order chi connectivity index (χ0) is 82.6. The Balaban J connectivity index is 0.000000127. The second kappa shape index (κ2) is 39.1. The largest absolute Gasteiger partial charge is 0.503 e. The summed E-state index contributed by atoms with van der Waals surface area (Å²) >= 11 is 21.5. The molecule has 17 rings (SSSR count). The number of halogens is 5. The molecular formula is C92H99BrCl3FN10O10. The topological polar surface area (TPSA) is 227 Å². The predicted molar refractivity (Wildman–Crippen MR) is 461 cm³/mol. The number of fused-ring (bicyclic) bond motifs is 5. The highest BCUT2D eigenvalue weighted by atomic mass is 79.9. The van der Waals surface area contributed by atoms with E-state index >= 15 is 0 Å². The minimum absolute atomic E-state index is 0.00401. The fourth-order valence-corrected chi connectivity index (χ4v) is 17.1. The lowest BCUT2D eigenvalue weighted by molar-refractivity contribution is 0.122. The first-order chi connectivity index (χ1) is 56.5. The van der Waals surface area contributed by atoms with Crippen LogP contribution in [0.15, 0.2) is 217 Å². The third-order valence-electron chi connectivity index (χ3n) is 22.7. The molecule has 11 aromatic rings. The highest BCUT2D eigenvalue weighted by molar-refractivity contribution is 9.10. The number of benzene rings is 6. The maximum atomic E-state index is 13.9. The minimum Gasteiger partial charge on any atom is -0.503 e. The second-order valence-corrected chi connectivity index (χ2v) is 32.8. The lowest BCUT2D eigenvalue weighted by atomic mass is 10.0. The van der Waals surface area contributed by atoms with Gasteiger partial charge in [0.05, 0.1) is 52.5 Å². The van der Waals surface area contributed by atoms with Crippen LogP contribution >= 0.6 is 50.7 Å². The van der Waals surface area contributed by atoms with Crippen LogP contribution in [0.5, 0.6) is 28.7 Å². The van der Waals surface area contributed by atoms with E-state index in [4.69, 9.17) is 34.8 Å². The third kappa shape index (κ3) is 21.4. The van der Waals surface area contributed by atoms with E-state index in [1.807, 2.05) is 30.7 Å². The van der Waals surface area contributed by atoms with Crippen molar-refractivity contribution in [3.63, 3.8) is 0 Å². The molecule has 5 N–H and O–H groups in total. The average molecular weight is 1710 g/mol. The van der Waals surface area contributed by atoms with Crippen LogP contribution in [-0.4, -0.2) is 105 Å². The van der Waals surface area contributed by atoms with Gasteiger partial charge in [0.15, 0.2) is 28.7 Å². The molecule has 20 nitrogen and oxygen atoms in total. The number of aromatic nitrogens is 5. The summed E-state index contributed by atoms with van der Waals surface area (Å²) in [6.45, 7) is 20.4. The van der Waals surface area contributed by atoms with Crippen molar-refractivity contribution in [2.24, 2.45) is 0 Å². The summed E-state index contributed by atoms with van der Waals surface area (Å²) < 4.78 is 24.0. The van der Waals surface area contributed by atoms with Gasteiger partial charge >= 0.3 is 0 Å². The predicted octanol–water partition coefficient (Wildman–Crippen LogP) is 15.3. The van der Waals surface area contributed by atoms with Gasteiger partial charge in [0.2, 0.25) is 27.1 Å². The third-order valence-corrected chi connectivity index (χ3v) is 24.7. The van der Waals surface area contributed by atoms with Gasteiger partial charge in [-0.15, -0.1) is 0 Å². The summed E-state index contributed by atoms with van der Waals surface area (Å²) in [7, 11) is 0. The number of aromatic hydroxyl groups is 5. The Morgan fingerprint density at radius 2 is 0.795 bits per heavy atom. The van der Waals surface area contributed by atoms with Gasteiger partial charge < -0.3 is 48.4 Å². The quantitative estimate of drug-likeness (QED) is 0.0571. The SMILES string of the molecule is CCc1ccc(CN2CCn3cc(O)c(=O)c(Br)c3C2)cc1.CCc1ccc(CN2CCn3cc(O)c(=O)c(C4CC4)c3C2)cc1.CCc1ccc(CN2CCn3cc(O)c(=O)c(Cl)c3C2)cc1.O=c1c(O)cn2c(c1Cl)CN(Cc1c(F)cccc1Cl)CC2.O=c1cc2n(cc1O)CC(CCc1ccccc1)N(Cc1ccccc1)C2. The Bertz CT molecular complexity index is 5480. The first-order valence-electron chi connectivity index (χ1n) is 40.1. The van der Waals surface area contributed by atoms with Gasteiger partial charge in [-0.05, 0) is 123 Å². The second-order valence-electron chi connectivity index (χ2n) is 30.9. The number of aryl methyl sites for hydroxylation is 4. The summed E-state index contributed by atoms with van der Waals surface area (Å²) in [5.74, 6) is -1.10. The molecule has 0 amide bonds. The van der Waals surface area contributed by atoms with Crippen LogP contribution in [0.1, 0.15) is 130 Å². The van der Waals surface area contributed by atoms with Gasteiger partial charge in [0.25, 0.3) is 0 Å². The van der Waals surface area contributed by atoms with Crippen LogP contribution in [0.3, 0.4) is 0 Å². The highest BCUT2D eigenvalue weighted by Crippen LogP contribution is 2.42. The molecule has 0 radical (unpaired) electrons. The molecule has 1 saturated carbocycles. The van der Waals surface area contributed by atoms with Gasteiger partial charge in [-0.1, -0.05) is 195 Å². The smallest absolute Gasteiger partial charge is 0.241 e. The average Bonchev–Trinajstić information content (AvgIpc) is 1.65. The van der Waals surface area contributed by atoms with Crippen LogP contribution in [-0.2, 0) is 124 Å². The number of rotatable bonds is 17. The van der Waals surface area contributed by atoms with Crippen LogP contribution < -0.4 is 27.1 Å². The normalized spacial score (nSPS) is 15.9. The van der Waals surface area contributed by atoms with E-state index < -0.39 is 10.9 Å². The minimum atomic E-state index is -0.585. The molecule has 6 aromatic carbocycles. The van der Waals surface area contributed by atoms with Gasteiger partial charge in [0.1, 0.15) is 15.9 Å². The van der Waals surface area contributed by atoms with E-state index in [0.717, 1.165) is 152 Å². The van der Waals surface area contributed by atoms with Crippen molar-refractivity contribution in [2.45, 2.75) is 176 Å². The Hall–Kier alpha value is -9.85. The van der Waals surface area contributed by atoms with Crippen LogP contribution in [0.4, 0.5) is 4.39 Å². The number of nitrogens with zero attached hydrogens (tertiary/aromatic N) is 10. The van der Waals surface area contributed by atoms with Crippen molar-refractivity contribution in [3.8, 4) is 28.7 Å². The molecule has 1 atom stereocenters. The summed E-state index contributed by atoms with van der Waals surface area (Å²) in [6, 6.07) is 53.6. The summed E-state index contributed by atoms with van der Waals surface area (Å²) in [4.78, 5) is 71.0. The molecule has 0 saturated heterocycles. The zero-order valence-corrected chi connectivity index (χ0v) is 69.9. The molecule has 612 valence electrons. The van der Waals surface area contributed by atoms with Gasteiger partial charge in [-0.25, -0.2) is 4.39 Å². The number of hydrogen-bond acceptors (Lipinski definition) is 15. The van der Waals surface area contributed by atoms with Crippen molar-refractivity contribution in [1.29, 1.82) is 0 Å². The lowest BCUT2D eigenvalue weighted by Gasteiger charge is -2.38. The van der Waals surface area contributed by atoms with Crippen molar-refractivity contribution in [3.05, 3.63) is 349 Å². The van der Waals surface area contributed by atoms with E-state index in [1.165, 1.54) is 69.2 Å². The van der Waals surface area contributed by atoms with Crippen LogP contribution in [0.25, 0.3) is 0 Å². The van der Waals surface area contributed by atoms with Crippen molar-refractivity contribution >= 4 is 50.7 Å². The monoisotopic (exact) mass is 1710 g/mol. The van der Waals surface area contributed by atoms with Crippen molar-refractivity contribution in [1.82, 2.24) is 47.3 Å². The molecule has 0 bridgehead atoms. The van der Waals surface area contributed by atoms with E-state index in [9.17, 15) is 53.9 Å². The maximum absolute atomic E-state index is 13.9. The van der Waals surface area contributed by atoms with Gasteiger partial charge in [-0.3, -0.25) is 48.5 Å². The van der Waals surface area contributed by atoms with Crippen LogP contribution in [0.2, 0.25) is 15.1 Å². The maximum Gasteiger partial charge on any atom is 0.241 e. The standard InChI is InChI=1S/C23H24N2O2.C20H24N2O2.C17H19BrN2O2.C17H19ClN2O2.C15H13Cl2FN2O2/c26-22-13-21-16-24(14-19-9-5-2-6-10-19)20(15-25(21)17-23(22)27)12-11-18-7-3-1-4-8-18;1-2-14-3-5-15(6-4-14)11-21-9-10-22-13-18(23)20(24)19(16-7-8-16)17(22)12-21;2*1-2-12-3-5-13(6-4-12)9-19-7-8-20-11-15(21)17(22)16(18)14(20)10-19;16-10-2-1-3-11(18)9(10)6-19-4-5-20-8-13(21)15(22)14(17)12(20)7-19/h1-10,13,17,20,27H,11-12,14-16H2;3-6,13,16,23H,2,7-12H2,1H3;2*3-6,11,21H,2,7-10H2,1H3;1-3,8,21H,4-7H2. The summed E-state index contributed by atoms with van der Waals surface area (Å²) in [6.07, 6.45) is 15.0. The molecule has 1 aliphatic carbocycles. The van der Waals surface area contributed by atoms with E-state index in [-0.39, 0.29) is 60.9 Å². The fourth-order valence-electron chi connectivity index (χ4n) is 15.8. The molecule has 5 aromatic heterocycles. The van der Waals surface area contributed by atoms with E-state index in [0.29, 0.717) is 78.5 Å². The Labute approximate surface area is 703 Å². The first-order valence-corrected chi connectivity index (χ1v) is 42.0. The molecule has 6 aliphatic rings. The molecule has 0 spiro atoms. The van der Waals surface area contributed by atoms with Crippen molar-refractivity contribution in [2.75, 3.05) is 26.2 Å². The molecule has 25 heteroatoms. The Kier molecular flexibility index (Phi) is 28.5. The molecule has 1 unspecified atom stereocenters. The number of pyridine rings is 5. The first kappa shape index (κ1) is 85.0. The molecule has 10 heterocycles. The molecule has 5 aliphatic heterocycles. The fraction of sp³-hybridized carbons (Fsp3) is 0.337. The highest BCUT2D eigenvalue weighted by Gasteiger charge is 2.34. The van der Waals surface area contributed by atoms with E-state index in [2.05, 4.69) is 182 Å². The summed E-state index contributed by atoms with van der Waals surface area (Å²) in [5.41, 5.74) is 14.3.